The van der Waals surface area contributed by atoms with Gasteiger partial charge in [-0.2, -0.15) is 0 Å². The predicted molar refractivity (Wildman–Crippen MR) is 86.3 cm³/mol. The number of hydrogen-bond donors (Lipinski definition) is 1. The molecule has 0 bridgehead atoms. The number of hydrogen-bond acceptors (Lipinski definition) is 3. The molecule has 0 heterocycles. The lowest BCUT2D eigenvalue weighted by atomic mass is 10.0. The summed E-state index contributed by atoms with van der Waals surface area (Å²) in [5.41, 5.74) is 1.49. The second-order valence-electron chi connectivity index (χ2n) is 5.15. The van der Waals surface area contributed by atoms with E-state index in [1.165, 1.54) is 19.2 Å². The van der Waals surface area contributed by atoms with Crippen molar-refractivity contribution < 1.29 is 18.7 Å². The number of carbonyl (C=O) groups excluding carboxylic acids is 2. The Morgan fingerprint density at radius 3 is 2.57 bits per heavy atom. The van der Waals surface area contributed by atoms with Crippen molar-refractivity contribution in [3.05, 3.63) is 59.4 Å². The fourth-order valence-corrected chi connectivity index (χ4v) is 2.18. The first-order valence-corrected chi connectivity index (χ1v) is 7.23. The van der Waals surface area contributed by atoms with Crippen molar-refractivity contribution in [2.24, 2.45) is 0 Å². The quantitative estimate of drug-likeness (QED) is 0.826. The van der Waals surface area contributed by atoms with Crippen molar-refractivity contribution in [1.82, 2.24) is 0 Å². The Kier molecular flexibility index (Phi) is 5.46. The molecule has 0 saturated carbocycles. The molecule has 0 spiro atoms. The van der Waals surface area contributed by atoms with E-state index in [1.807, 2.05) is 13.0 Å². The molecule has 1 N–H and O–H groups in total. The summed E-state index contributed by atoms with van der Waals surface area (Å²) in [5, 5.41) is 2.46. The zero-order chi connectivity index (χ0) is 16.8. The molecule has 0 saturated heterocycles. The SMILES string of the molecule is COc1ccc(C)cc1C(=O)CCC(=O)Nc1ccccc1F. The van der Waals surface area contributed by atoms with Crippen molar-refractivity contribution >= 4 is 17.4 Å². The molecule has 0 fully saturated rings. The molecule has 120 valence electrons. The lowest BCUT2D eigenvalue weighted by Crippen LogP contribution is -2.14. The highest BCUT2D eigenvalue weighted by Crippen LogP contribution is 2.22. The highest BCUT2D eigenvalue weighted by atomic mass is 19.1. The van der Waals surface area contributed by atoms with E-state index in [9.17, 15) is 14.0 Å². The van der Waals surface area contributed by atoms with E-state index in [4.69, 9.17) is 4.74 Å². The number of ether oxygens (including phenoxy) is 1. The highest BCUT2D eigenvalue weighted by Gasteiger charge is 2.15. The number of ketones is 1. The van der Waals surface area contributed by atoms with Crippen LogP contribution in [0.4, 0.5) is 10.1 Å². The Morgan fingerprint density at radius 2 is 1.87 bits per heavy atom. The number of rotatable bonds is 6. The third kappa shape index (κ3) is 4.39. The molecule has 0 radical (unpaired) electrons. The maximum Gasteiger partial charge on any atom is 0.224 e. The topological polar surface area (TPSA) is 55.4 Å². The fourth-order valence-electron chi connectivity index (χ4n) is 2.18. The van der Waals surface area contributed by atoms with Crippen molar-refractivity contribution in [1.29, 1.82) is 0 Å². The minimum Gasteiger partial charge on any atom is -0.496 e. The second-order valence-corrected chi connectivity index (χ2v) is 5.15. The molecule has 0 aliphatic carbocycles. The minimum absolute atomic E-state index is 0.0235. The van der Waals surface area contributed by atoms with Crippen LogP contribution in [0.3, 0.4) is 0 Å². The molecule has 0 atom stereocenters. The van der Waals surface area contributed by atoms with Crippen LogP contribution < -0.4 is 10.1 Å². The van der Waals surface area contributed by atoms with Gasteiger partial charge in [-0.05, 0) is 31.2 Å². The molecule has 0 aromatic heterocycles. The third-order valence-corrected chi connectivity index (χ3v) is 3.38. The van der Waals surface area contributed by atoms with Crippen LogP contribution in [0, 0.1) is 12.7 Å². The van der Waals surface area contributed by atoms with Crippen LogP contribution in [-0.4, -0.2) is 18.8 Å². The monoisotopic (exact) mass is 315 g/mol. The Hall–Kier alpha value is -2.69. The number of nitrogens with one attached hydrogen (secondary N) is 1. The van der Waals surface area contributed by atoms with E-state index < -0.39 is 11.7 Å². The molecule has 1 amide bonds. The number of anilines is 1. The molecule has 23 heavy (non-hydrogen) atoms. The lowest BCUT2D eigenvalue weighted by Gasteiger charge is -2.09. The van der Waals surface area contributed by atoms with E-state index in [1.54, 1.807) is 24.3 Å². The normalized spacial score (nSPS) is 10.2. The summed E-state index contributed by atoms with van der Waals surface area (Å²) in [4.78, 5) is 24.1. The zero-order valence-corrected chi connectivity index (χ0v) is 13.1. The molecule has 2 rings (SSSR count). The van der Waals surface area contributed by atoms with Crippen LogP contribution >= 0.6 is 0 Å². The van der Waals surface area contributed by atoms with Crippen molar-refractivity contribution in [2.75, 3.05) is 12.4 Å². The van der Waals surface area contributed by atoms with E-state index >= 15 is 0 Å². The van der Waals surface area contributed by atoms with E-state index in [0.29, 0.717) is 11.3 Å². The van der Waals surface area contributed by atoms with E-state index in [2.05, 4.69) is 5.32 Å². The average molecular weight is 315 g/mol. The number of Topliss-reactive ketones (excluding diaryl/α,β-unsaturated/α-hetero) is 1. The van der Waals surface area contributed by atoms with Gasteiger partial charge in [-0.3, -0.25) is 9.59 Å². The molecule has 4 nitrogen and oxygen atoms in total. The molecule has 2 aromatic rings. The molecule has 0 aliphatic rings. The summed E-state index contributed by atoms with van der Waals surface area (Å²) >= 11 is 0. The summed E-state index contributed by atoms with van der Waals surface area (Å²) in [5.74, 6) is -0.619. The maximum atomic E-state index is 13.5. The van der Waals surface area contributed by atoms with Gasteiger partial charge >= 0.3 is 0 Å². The van der Waals surface area contributed by atoms with E-state index in [-0.39, 0.29) is 24.3 Å². The van der Waals surface area contributed by atoms with Gasteiger partial charge in [0.05, 0.1) is 18.4 Å². The average Bonchev–Trinajstić information content (AvgIpc) is 2.54. The Labute approximate surface area is 134 Å². The largest absolute Gasteiger partial charge is 0.496 e. The number of para-hydroxylation sites is 1. The van der Waals surface area contributed by atoms with Gasteiger partial charge < -0.3 is 10.1 Å². The number of amides is 1. The molecule has 5 heteroatoms. The first-order chi connectivity index (χ1) is 11.0. The smallest absolute Gasteiger partial charge is 0.224 e. The number of halogens is 1. The molecular formula is C18H18FNO3. The second kappa shape index (κ2) is 7.54. The van der Waals surface area contributed by atoms with E-state index in [0.717, 1.165) is 5.56 Å². The molecule has 0 aliphatic heterocycles. The maximum absolute atomic E-state index is 13.5. The van der Waals surface area contributed by atoms with Gasteiger partial charge in [0, 0.05) is 12.8 Å². The fraction of sp³-hybridized carbons (Fsp3) is 0.222. The summed E-state index contributed by atoms with van der Waals surface area (Å²) in [6.07, 6.45) is 0.00433. The first kappa shape index (κ1) is 16.7. The summed E-state index contributed by atoms with van der Waals surface area (Å²) in [6.45, 7) is 1.88. The van der Waals surface area contributed by atoms with Crippen LogP contribution in [0.15, 0.2) is 42.5 Å². The van der Waals surface area contributed by atoms with Crippen LogP contribution in [-0.2, 0) is 4.79 Å². The summed E-state index contributed by atoms with van der Waals surface area (Å²) < 4.78 is 18.6. The van der Waals surface area contributed by atoms with Gasteiger partial charge in [0.25, 0.3) is 0 Å². The van der Waals surface area contributed by atoms with Crippen molar-refractivity contribution in [3.8, 4) is 5.75 Å². The van der Waals surface area contributed by atoms with Gasteiger partial charge in [0.1, 0.15) is 11.6 Å². The number of benzene rings is 2. The van der Waals surface area contributed by atoms with Gasteiger partial charge in [0.2, 0.25) is 5.91 Å². The summed E-state index contributed by atoms with van der Waals surface area (Å²) in [7, 11) is 1.49. The Bertz CT molecular complexity index is 728. The van der Waals surface area contributed by atoms with Gasteiger partial charge in [-0.25, -0.2) is 4.39 Å². The Morgan fingerprint density at radius 1 is 1.13 bits per heavy atom. The molecule has 0 unspecified atom stereocenters. The zero-order valence-electron chi connectivity index (χ0n) is 13.1. The molecule has 2 aromatic carbocycles. The number of aryl methyl sites for hydroxylation is 1. The number of carbonyl (C=O) groups is 2. The van der Waals surface area contributed by atoms with Crippen molar-refractivity contribution in [3.63, 3.8) is 0 Å². The van der Waals surface area contributed by atoms with Crippen LogP contribution in [0.25, 0.3) is 0 Å². The highest BCUT2D eigenvalue weighted by molar-refractivity contribution is 6.01. The van der Waals surface area contributed by atoms with Gasteiger partial charge in [-0.15, -0.1) is 0 Å². The lowest BCUT2D eigenvalue weighted by molar-refractivity contribution is -0.116. The van der Waals surface area contributed by atoms with Crippen LogP contribution in [0.2, 0.25) is 0 Å². The van der Waals surface area contributed by atoms with Crippen molar-refractivity contribution in [2.45, 2.75) is 19.8 Å². The third-order valence-electron chi connectivity index (χ3n) is 3.38. The first-order valence-electron chi connectivity index (χ1n) is 7.23. The molecular weight excluding hydrogens is 297 g/mol. The predicted octanol–water partition coefficient (Wildman–Crippen LogP) is 3.74. The van der Waals surface area contributed by atoms with Crippen LogP contribution in [0.1, 0.15) is 28.8 Å². The minimum atomic E-state index is -0.507. The van der Waals surface area contributed by atoms with Gasteiger partial charge in [-0.1, -0.05) is 23.8 Å². The van der Waals surface area contributed by atoms with Crippen LogP contribution in [0.5, 0.6) is 5.75 Å². The Balaban J connectivity index is 1.98. The van der Waals surface area contributed by atoms with Gasteiger partial charge in [0.15, 0.2) is 5.78 Å². The number of methoxy groups -OCH3 is 1. The summed E-state index contributed by atoms with van der Waals surface area (Å²) in [6, 6.07) is 11.2. The standard InChI is InChI=1S/C18H18FNO3/c1-12-7-9-17(23-2)13(11-12)16(21)8-10-18(22)20-15-6-4-3-5-14(15)19/h3-7,9,11H,8,10H2,1-2H3,(H,20,22).